The third-order valence-electron chi connectivity index (χ3n) is 7.25. The summed E-state index contributed by atoms with van der Waals surface area (Å²) in [6.07, 6.45) is 0. The average molecular weight is 409 g/mol. The zero-order valence-corrected chi connectivity index (χ0v) is 16.8. The normalized spacial score (nSPS) is 27.6. The van der Waals surface area contributed by atoms with Gasteiger partial charge in [-0.2, -0.15) is 0 Å². The van der Waals surface area contributed by atoms with Gasteiger partial charge >= 0.3 is 5.97 Å². The number of carbonyl (C=O) groups is 3. The van der Waals surface area contributed by atoms with Crippen LogP contribution >= 0.6 is 0 Å². The van der Waals surface area contributed by atoms with Crippen LogP contribution in [0.4, 0.5) is 5.69 Å². The zero-order valence-electron chi connectivity index (χ0n) is 16.8. The van der Waals surface area contributed by atoms with E-state index in [1.54, 1.807) is 36.4 Å². The van der Waals surface area contributed by atoms with E-state index in [9.17, 15) is 19.5 Å². The van der Waals surface area contributed by atoms with Gasteiger partial charge in [0.2, 0.25) is 11.8 Å². The summed E-state index contributed by atoms with van der Waals surface area (Å²) in [4.78, 5) is 41.8. The molecule has 1 aliphatic heterocycles. The second-order valence-electron chi connectivity index (χ2n) is 8.62. The van der Waals surface area contributed by atoms with E-state index in [4.69, 9.17) is 0 Å². The number of hydrogen-bond donors (Lipinski definition) is 1. The molecule has 0 radical (unpaired) electrons. The molecule has 0 spiro atoms. The van der Waals surface area contributed by atoms with Crippen LogP contribution < -0.4 is 4.90 Å². The Balaban J connectivity index is 1.67. The number of aliphatic carboxylic acids is 1. The van der Waals surface area contributed by atoms with Crippen LogP contribution in [-0.4, -0.2) is 22.9 Å². The van der Waals surface area contributed by atoms with E-state index in [0.29, 0.717) is 16.8 Å². The number of rotatable bonds is 2. The molecule has 3 aliphatic carbocycles. The summed E-state index contributed by atoms with van der Waals surface area (Å²) < 4.78 is 0. The van der Waals surface area contributed by atoms with Crippen LogP contribution in [0.2, 0.25) is 0 Å². The number of nitrogens with zero attached hydrogens (tertiary/aromatic N) is 1. The highest BCUT2D eigenvalue weighted by Crippen LogP contribution is 2.64. The van der Waals surface area contributed by atoms with Gasteiger partial charge in [0, 0.05) is 5.92 Å². The van der Waals surface area contributed by atoms with E-state index in [0.717, 1.165) is 16.7 Å². The lowest BCUT2D eigenvalue weighted by molar-refractivity contribution is -0.149. The summed E-state index contributed by atoms with van der Waals surface area (Å²) in [7, 11) is 0. The van der Waals surface area contributed by atoms with Crippen molar-refractivity contribution in [2.24, 2.45) is 11.8 Å². The fraction of sp³-hybridized carbons (Fsp3) is 0.192. The van der Waals surface area contributed by atoms with E-state index >= 15 is 0 Å². The number of carbonyl (C=O) groups excluding carboxylic acids is 2. The molecule has 31 heavy (non-hydrogen) atoms. The van der Waals surface area contributed by atoms with Crippen molar-refractivity contribution in [2.75, 3.05) is 4.90 Å². The fourth-order valence-electron chi connectivity index (χ4n) is 6.08. The van der Waals surface area contributed by atoms with Gasteiger partial charge < -0.3 is 5.11 Å². The minimum atomic E-state index is -1.58. The van der Waals surface area contributed by atoms with Crippen LogP contribution in [0.15, 0.2) is 72.8 Å². The molecular weight excluding hydrogens is 390 g/mol. The molecule has 7 rings (SSSR count). The van der Waals surface area contributed by atoms with E-state index in [-0.39, 0.29) is 11.8 Å². The van der Waals surface area contributed by atoms with Gasteiger partial charge in [-0.3, -0.25) is 14.4 Å². The maximum absolute atomic E-state index is 13.8. The van der Waals surface area contributed by atoms with Crippen molar-refractivity contribution in [3.05, 3.63) is 101 Å². The standard InChI is InChI=1S/C26H19NO4/c1-14-10-12-15(13-11-14)27-23(28)21-20-16-6-2-4-8-18(16)26(25(30)31,22(21)24(27)29)19-9-5-3-7-17(19)20/h2-13,20-22H,1H3,(H,30,31)/t20?,21-,22-,26?/m1/s1. The van der Waals surface area contributed by atoms with Gasteiger partial charge in [0.05, 0.1) is 17.5 Å². The Labute approximate surface area is 178 Å². The second kappa shape index (κ2) is 5.91. The van der Waals surface area contributed by atoms with E-state index < -0.39 is 29.1 Å². The predicted octanol–water partition coefficient (Wildman–Crippen LogP) is 3.63. The highest BCUT2D eigenvalue weighted by Gasteiger charge is 2.71. The van der Waals surface area contributed by atoms with E-state index in [1.165, 1.54) is 4.90 Å². The molecule has 152 valence electrons. The monoisotopic (exact) mass is 409 g/mol. The maximum atomic E-state index is 13.8. The lowest BCUT2D eigenvalue weighted by atomic mass is 9.47. The summed E-state index contributed by atoms with van der Waals surface area (Å²) >= 11 is 0. The third kappa shape index (κ3) is 1.99. The van der Waals surface area contributed by atoms with Gasteiger partial charge in [0.25, 0.3) is 0 Å². The Morgan fingerprint density at radius 3 is 1.94 bits per heavy atom. The topological polar surface area (TPSA) is 74.7 Å². The van der Waals surface area contributed by atoms with Crippen LogP contribution in [-0.2, 0) is 19.8 Å². The van der Waals surface area contributed by atoms with E-state index in [2.05, 4.69) is 0 Å². The van der Waals surface area contributed by atoms with Gasteiger partial charge in [-0.05, 0) is 41.3 Å². The molecule has 3 aromatic carbocycles. The number of carboxylic acids is 1. The molecule has 5 nitrogen and oxygen atoms in total. The molecule has 4 aliphatic rings. The SMILES string of the molecule is Cc1ccc(N2C(=O)[C@@H]3C4c5ccccc5C(C(=O)O)(c5ccccc54)[C@H]3C2=O)cc1. The molecule has 0 saturated carbocycles. The number of benzene rings is 3. The highest BCUT2D eigenvalue weighted by atomic mass is 16.4. The molecule has 0 aromatic heterocycles. The Morgan fingerprint density at radius 1 is 0.839 bits per heavy atom. The average Bonchev–Trinajstić information content (AvgIpc) is 3.05. The quantitative estimate of drug-likeness (QED) is 0.656. The molecule has 1 N–H and O–H groups in total. The van der Waals surface area contributed by atoms with Crippen molar-refractivity contribution in [1.82, 2.24) is 0 Å². The molecule has 1 saturated heterocycles. The third-order valence-corrected chi connectivity index (χ3v) is 7.25. The Bertz CT molecular complexity index is 1250. The first-order valence-electron chi connectivity index (χ1n) is 10.3. The number of carboxylic acid groups (broad SMARTS) is 1. The van der Waals surface area contributed by atoms with Crippen molar-refractivity contribution in [3.63, 3.8) is 0 Å². The van der Waals surface area contributed by atoms with Crippen LogP contribution in [0, 0.1) is 18.8 Å². The van der Waals surface area contributed by atoms with Crippen molar-refractivity contribution in [1.29, 1.82) is 0 Å². The first-order chi connectivity index (χ1) is 15.0. The number of imide groups is 1. The van der Waals surface area contributed by atoms with Gasteiger partial charge in [-0.15, -0.1) is 0 Å². The summed E-state index contributed by atoms with van der Waals surface area (Å²) in [6.45, 7) is 1.93. The number of aryl methyl sites for hydroxylation is 1. The first-order valence-corrected chi connectivity index (χ1v) is 10.3. The Hall–Kier alpha value is -3.73. The molecule has 0 unspecified atom stereocenters. The largest absolute Gasteiger partial charge is 0.480 e. The molecule has 3 aromatic rings. The molecule has 2 bridgehead atoms. The zero-order chi connectivity index (χ0) is 21.5. The summed E-state index contributed by atoms with van der Waals surface area (Å²) in [5.41, 5.74) is 2.83. The van der Waals surface area contributed by atoms with Crippen LogP contribution in [0.3, 0.4) is 0 Å². The van der Waals surface area contributed by atoms with Gasteiger partial charge in [-0.1, -0.05) is 66.2 Å². The van der Waals surface area contributed by atoms with Crippen molar-refractivity contribution in [2.45, 2.75) is 18.3 Å². The molecule has 1 heterocycles. The van der Waals surface area contributed by atoms with Crippen LogP contribution in [0.1, 0.15) is 33.7 Å². The summed E-state index contributed by atoms with van der Waals surface area (Å²) in [6, 6.07) is 21.9. The minimum Gasteiger partial charge on any atom is -0.480 e. The van der Waals surface area contributed by atoms with Gasteiger partial charge in [0.15, 0.2) is 0 Å². The van der Waals surface area contributed by atoms with Crippen molar-refractivity contribution >= 4 is 23.5 Å². The highest BCUT2D eigenvalue weighted by molar-refractivity contribution is 6.25. The minimum absolute atomic E-state index is 0.321. The lowest BCUT2D eigenvalue weighted by Gasteiger charge is -2.51. The maximum Gasteiger partial charge on any atom is 0.319 e. The van der Waals surface area contributed by atoms with Gasteiger partial charge in [0.1, 0.15) is 5.41 Å². The molecule has 2 amide bonds. The van der Waals surface area contributed by atoms with E-state index in [1.807, 2.05) is 43.3 Å². The fourth-order valence-corrected chi connectivity index (χ4v) is 6.08. The predicted molar refractivity (Wildman–Crippen MR) is 114 cm³/mol. The molecular formula is C26H19NO4. The second-order valence-corrected chi connectivity index (χ2v) is 8.62. The Morgan fingerprint density at radius 2 is 1.39 bits per heavy atom. The number of hydrogen-bond acceptors (Lipinski definition) is 3. The first kappa shape index (κ1) is 18.1. The molecule has 1 fully saturated rings. The number of amides is 2. The molecule has 5 heteroatoms. The van der Waals surface area contributed by atoms with Crippen molar-refractivity contribution in [3.8, 4) is 0 Å². The van der Waals surface area contributed by atoms with Crippen molar-refractivity contribution < 1.29 is 19.5 Å². The van der Waals surface area contributed by atoms with Gasteiger partial charge in [-0.25, -0.2) is 4.90 Å². The van der Waals surface area contributed by atoms with Crippen LogP contribution in [0.5, 0.6) is 0 Å². The summed E-state index contributed by atoms with van der Waals surface area (Å²) in [5, 5.41) is 10.7. The smallest absolute Gasteiger partial charge is 0.319 e. The summed E-state index contributed by atoms with van der Waals surface area (Å²) in [5.74, 6) is -3.91. The van der Waals surface area contributed by atoms with Crippen LogP contribution in [0.25, 0.3) is 0 Å². The Kier molecular flexibility index (Phi) is 3.45. The number of anilines is 1. The molecule has 2 atom stereocenters. The lowest BCUT2D eigenvalue weighted by Crippen LogP contribution is -2.57.